The number of hydrogen-bond donors (Lipinski definition) is 1. The lowest BCUT2D eigenvalue weighted by Crippen LogP contribution is -2.18. The summed E-state index contributed by atoms with van der Waals surface area (Å²) in [5.41, 5.74) is 2.06. The fourth-order valence-electron chi connectivity index (χ4n) is 1.62. The van der Waals surface area contributed by atoms with Gasteiger partial charge < -0.3 is 0 Å². The van der Waals surface area contributed by atoms with Gasteiger partial charge in [0.1, 0.15) is 0 Å². The summed E-state index contributed by atoms with van der Waals surface area (Å²) in [5, 5.41) is 0. The highest BCUT2D eigenvalue weighted by Crippen LogP contribution is 2.09. The fourth-order valence-corrected chi connectivity index (χ4v) is 2.44. The first-order chi connectivity index (χ1) is 9.58. The molecular weight excluding hydrogens is 270 g/mol. The molecule has 0 amide bonds. The number of aryl methyl sites for hydroxylation is 1. The molecular formula is C16H15NO2S. The van der Waals surface area contributed by atoms with Crippen LogP contribution >= 0.6 is 0 Å². The summed E-state index contributed by atoms with van der Waals surface area (Å²) >= 11 is 0. The second kappa shape index (κ2) is 6.27. The van der Waals surface area contributed by atoms with Gasteiger partial charge in [-0.15, -0.1) is 0 Å². The van der Waals surface area contributed by atoms with E-state index in [1.807, 2.05) is 37.3 Å². The van der Waals surface area contributed by atoms with Crippen LogP contribution in [0.5, 0.6) is 0 Å². The lowest BCUT2D eigenvalue weighted by molar-refractivity contribution is 0.591. The molecule has 3 nitrogen and oxygen atoms in total. The minimum Gasteiger partial charge on any atom is -0.238 e. The summed E-state index contributed by atoms with van der Waals surface area (Å²) in [6.45, 7) is 1.91. The highest BCUT2D eigenvalue weighted by Gasteiger charge is 2.10. The molecule has 0 saturated carbocycles. The molecule has 0 aliphatic heterocycles. The number of benzene rings is 2. The van der Waals surface area contributed by atoms with E-state index in [-0.39, 0.29) is 4.90 Å². The van der Waals surface area contributed by atoms with Gasteiger partial charge in [-0.1, -0.05) is 53.9 Å². The van der Waals surface area contributed by atoms with Crippen molar-refractivity contribution >= 4 is 10.0 Å². The maximum atomic E-state index is 11.9. The number of rotatable bonds is 3. The predicted octanol–water partition coefficient (Wildman–Crippen LogP) is 2.48. The molecule has 0 radical (unpaired) electrons. The smallest absolute Gasteiger partial charge is 0.238 e. The second-order valence-corrected chi connectivity index (χ2v) is 6.07. The first-order valence-corrected chi connectivity index (χ1v) is 7.66. The van der Waals surface area contributed by atoms with Gasteiger partial charge in [-0.05, 0) is 24.6 Å². The molecule has 0 fully saturated rings. The van der Waals surface area contributed by atoms with Crippen molar-refractivity contribution in [3.8, 4) is 12.0 Å². The van der Waals surface area contributed by atoms with E-state index in [9.17, 15) is 8.42 Å². The highest BCUT2D eigenvalue weighted by molar-refractivity contribution is 7.89. The molecule has 0 aliphatic rings. The molecule has 0 spiro atoms. The van der Waals surface area contributed by atoms with Crippen molar-refractivity contribution in [3.63, 3.8) is 0 Å². The van der Waals surface area contributed by atoms with E-state index >= 15 is 0 Å². The van der Waals surface area contributed by atoms with Crippen LogP contribution in [0.2, 0.25) is 0 Å². The van der Waals surface area contributed by atoms with E-state index in [1.54, 1.807) is 24.3 Å². The SMILES string of the molecule is Cc1ccc(S(=O)(=O)NC#CCc2ccccc2)cc1. The van der Waals surface area contributed by atoms with Gasteiger partial charge in [0.25, 0.3) is 10.0 Å². The maximum Gasteiger partial charge on any atom is 0.268 e. The van der Waals surface area contributed by atoms with E-state index in [0.29, 0.717) is 6.42 Å². The van der Waals surface area contributed by atoms with Gasteiger partial charge in [-0.25, -0.2) is 13.1 Å². The molecule has 4 heteroatoms. The predicted molar refractivity (Wildman–Crippen MR) is 79.4 cm³/mol. The Hall–Kier alpha value is -2.25. The van der Waals surface area contributed by atoms with E-state index in [4.69, 9.17) is 0 Å². The molecule has 2 aromatic rings. The quantitative estimate of drug-likeness (QED) is 0.695. The third kappa shape index (κ3) is 3.87. The van der Waals surface area contributed by atoms with Crippen LogP contribution in [0.1, 0.15) is 11.1 Å². The molecule has 0 heterocycles. The summed E-state index contributed by atoms with van der Waals surface area (Å²) < 4.78 is 26.2. The molecule has 0 bridgehead atoms. The van der Waals surface area contributed by atoms with E-state index in [1.165, 1.54) is 0 Å². The van der Waals surface area contributed by atoms with Gasteiger partial charge in [0.05, 0.1) is 4.90 Å². The largest absolute Gasteiger partial charge is 0.268 e. The van der Waals surface area contributed by atoms with Crippen LogP contribution in [0.25, 0.3) is 0 Å². The van der Waals surface area contributed by atoms with Crippen LogP contribution in [0.15, 0.2) is 59.5 Å². The molecule has 20 heavy (non-hydrogen) atoms. The zero-order valence-electron chi connectivity index (χ0n) is 11.1. The number of sulfonamides is 1. The minimum atomic E-state index is -3.56. The Morgan fingerprint density at radius 1 is 1.00 bits per heavy atom. The maximum absolute atomic E-state index is 11.9. The van der Waals surface area contributed by atoms with Crippen molar-refractivity contribution in [3.05, 3.63) is 65.7 Å². The molecule has 0 aliphatic carbocycles. The third-order valence-electron chi connectivity index (χ3n) is 2.74. The van der Waals surface area contributed by atoms with Crippen molar-refractivity contribution in [2.75, 3.05) is 0 Å². The van der Waals surface area contributed by atoms with Crippen LogP contribution in [-0.2, 0) is 16.4 Å². The van der Waals surface area contributed by atoms with Crippen LogP contribution < -0.4 is 4.72 Å². The molecule has 0 saturated heterocycles. The Morgan fingerprint density at radius 2 is 1.65 bits per heavy atom. The average Bonchev–Trinajstić information content (AvgIpc) is 2.45. The molecule has 0 atom stereocenters. The molecule has 0 unspecified atom stereocenters. The monoisotopic (exact) mass is 285 g/mol. The summed E-state index contributed by atoms with van der Waals surface area (Å²) in [6, 6.07) is 18.8. The lowest BCUT2D eigenvalue weighted by Gasteiger charge is -2.02. The average molecular weight is 285 g/mol. The Labute approximate surface area is 119 Å². The third-order valence-corrected chi connectivity index (χ3v) is 4.00. The summed E-state index contributed by atoms with van der Waals surface area (Å²) in [5.74, 6) is 2.80. The van der Waals surface area contributed by atoms with Crippen molar-refractivity contribution in [1.29, 1.82) is 0 Å². The van der Waals surface area contributed by atoms with Crippen molar-refractivity contribution in [2.24, 2.45) is 0 Å². The first kappa shape index (κ1) is 14.2. The van der Waals surface area contributed by atoms with Gasteiger partial charge in [-0.3, -0.25) is 0 Å². The Morgan fingerprint density at radius 3 is 2.30 bits per heavy atom. The fraction of sp³-hybridized carbons (Fsp3) is 0.125. The Kier molecular flexibility index (Phi) is 4.44. The topological polar surface area (TPSA) is 46.2 Å². The van der Waals surface area contributed by atoms with Crippen LogP contribution in [0, 0.1) is 18.9 Å². The van der Waals surface area contributed by atoms with Crippen molar-refractivity contribution < 1.29 is 8.42 Å². The van der Waals surface area contributed by atoms with Gasteiger partial charge >= 0.3 is 0 Å². The zero-order chi connectivity index (χ0) is 14.4. The van der Waals surface area contributed by atoms with E-state index in [2.05, 4.69) is 16.7 Å². The van der Waals surface area contributed by atoms with E-state index in [0.717, 1.165) is 11.1 Å². The number of nitrogens with one attached hydrogen (secondary N) is 1. The van der Waals surface area contributed by atoms with Gasteiger partial charge in [0.15, 0.2) is 0 Å². The summed E-state index contributed by atoms with van der Waals surface area (Å²) in [4.78, 5) is 0.220. The highest BCUT2D eigenvalue weighted by atomic mass is 32.2. The van der Waals surface area contributed by atoms with Crippen LogP contribution in [-0.4, -0.2) is 8.42 Å². The molecule has 102 valence electrons. The zero-order valence-corrected chi connectivity index (χ0v) is 11.9. The molecule has 1 N–H and O–H groups in total. The molecule has 2 rings (SSSR count). The first-order valence-electron chi connectivity index (χ1n) is 6.18. The Balaban J connectivity index is 2.02. The standard InChI is InChI=1S/C16H15NO2S/c1-14-9-11-16(12-10-14)20(18,19)17-13-5-8-15-6-3-2-4-7-15/h2-4,6-7,9-12,17H,8H2,1H3. The minimum absolute atomic E-state index is 0.220. The van der Waals surface area contributed by atoms with Crippen LogP contribution in [0.4, 0.5) is 0 Å². The molecule has 0 aromatic heterocycles. The summed E-state index contributed by atoms with van der Waals surface area (Å²) in [6.07, 6.45) is 0.511. The van der Waals surface area contributed by atoms with Crippen molar-refractivity contribution in [1.82, 2.24) is 4.72 Å². The second-order valence-electron chi connectivity index (χ2n) is 4.38. The van der Waals surface area contributed by atoms with Crippen molar-refractivity contribution in [2.45, 2.75) is 18.2 Å². The lowest BCUT2D eigenvalue weighted by atomic mass is 10.2. The van der Waals surface area contributed by atoms with Crippen LogP contribution in [0.3, 0.4) is 0 Å². The van der Waals surface area contributed by atoms with Gasteiger partial charge in [0.2, 0.25) is 0 Å². The normalized spacial score (nSPS) is 10.4. The Bertz CT molecular complexity index is 724. The summed E-state index contributed by atoms with van der Waals surface area (Å²) in [7, 11) is -3.56. The van der Waals surface area contributed by atoms with Gasteiger partial charge in [-0.2, -0.15) is 0 Å². The number of hydrogen-bond acceptors (Lipinski definition) is 2. The molecule has 2 aromatic carbocycles. The van der Waals surface area contributed by atoms with Gasteiger partial charge in [0, 0.05) is 12.5 Å². The van der Waals surface area contributed by atoms with E-state index < -0.39 is 10.0 Å².